The van der Waals surface area contributed by atoms with Gasteiger partial charge >= 0.3 is 12.1 Å². The van der Waals surface area contributed by atoms with E-state index in [1.54, 1.807) is 9.58 Å². The van der Waals surface area contributed by atoms with Crippen molar-refractivity contribution in [3.63, 3.8) is 0 Å². The van der Waals surface area contributed by atoms with Crippen LogP contribution < -0.4 is 0 Å². The van der Waals surface area contributed by atoms with Crippen LogP contribution in [0.1, 0.15) is 85.9 Å². The third-order valence-electron chi connectivity index (χ3n) is 5.57. The second-order valence-electron chi connectivity index (χ2n) is 11.3. The standard InChI is InChI=1S/C22H36N4O4/c1-14(2)17(18(27)29-20(3,4)5)26-11-16(23-24-26)15-9-22(10-15)12-25(13-22)19(28)30-21(6,7)8/h11,14-15,17H,9-10,12-13H2,1-8H3. The van der Waals surface area contributed by atoms with Gasteiger partial charge in [0.1, 0.15) is 11.2 Å². The minimum absolute atomic E-state index is 0.0381. The van der Waals surface area contributed by atoms with Crippen LogP contribution in [0.3, 0.4) is 0 Å². The highest BCUT2D eigenvalue weighted by molar-refractivity contribution is 5.74. The number of rotatable bonds is 4. The fourth-order valence-electron chi connectivity index (χ4n) is 4.33. The fourth-order valence-corrected chi connectivity index (χ4v) is 4.33. The van der Waals surface area contributed by atoms with E-state index in [-0.39, 0.29) is 23.4 Å². The molecule has 1 saturated carbocycles. The van der Waals surface area contributed by atoms with Crippen molar-refractivity contribution in [2.75, 3.05) is 13.1 Å². The molecule has 1 aromatic rings. The van der Waals surface area contributed by atoms with Gasteiger partial charge in [0.05, 0.1) is 5.69 Å². The quantitative estimate of drug-likeness (QED) is 0.686. The summed E-state index contributed by atoms with van der Waals surface area (Å²) in [5, 5.41) is 8.60. The molecule has 1 amide bonds. The van der Waals surface area contributed by atoms with Crippen molar-refractivity contribution in [1.82, 2.24) is 19.9 Å². The molecule has 1 atom stereocenters. The molecule has 1 spiro atoms. The Balaban J connectivity index is 1.57. The van der Waals surface area contributed by atoms with Gasteiger partial charge in [-0.1, -0.05) is 19.1 Å². The number of ether oxygens (including phenoxy) is 2. The first-order valence-corrected chi connectivity index (χ1v) is 10.8. The second kappa shape index (κ2) is 7.54. The highest BCUT2D eigenvalue weighted by Gasteiger charge is 2.55. The average Bonchev–Trinajstić information content (AvgIpc) is 2.88. The van der Waals surface area contributed by atoms with Gasteiger partial charge in [-0.05, 0) is 60.3 Å². The number of amides is 1. The monoisotopic (exact) mass is 420 g/mol. The second-order valence-corrected chi connectivity index (χ2v) is 11.3. The molecule has 1 saturated heterocycles. The van der Waals surface area contributed by atoms with Crippen LogP contribution in [0.5, 0.6) is 0 Å². The first-order chi connectivity index (χ1) is 13.7. The molecule has 1 aliphatic carbocycles. The van der Waals surface area contributed by atoms with Crippen molar-refractivity contribution in [2.24, 2.45) is 11.3 Å². The number of aromatic nitrogens is 3. The summed E-state index contributed by atoms with van der Waals surface area (Å²) < 4.78 is 12.7. The molecule has 8 heteroatoms. The maximum atomic E-state index is 12.7. The van der Waals surface area contributed by atoms with Crippen molar-refractivity contribution < 1.29 is 19.1 Å². The third kappa shape index (κ3) is 4.95. The molecule has 2 aliphatic rings. The zero-order chi connectivity index (χ0) is 22.5. The molecule has 8 nitrogen and oxygen atoms in total. The number of hydrogen-bond acceptors (Lipinski definition) is 6. The topological polar surface area (TPSA) is 86.5 Å². The van der Waals surface area contributed by atoms with E-state index in [1.165, 1.54) is 0 Å². The molecule has 0 bridgehead atoms. The summed E-state index contributed by atoms with van der Waals surface area (Å²) in [4.78, 5) is 26.6. The Bertz CT molecular complexity index is 789. The first kappa shape index (κ1) is 22.6. The molecule has 30 heavy (non-hydrogen) atoms. The predicted octanol–water partition coefficient (Wildman–Crippen LogP) is 3.93. The predicted molar refractivity (Wildman–Crippen MR) is 112 cm³/mol. The van der Waals surface area contributed by atoms with Crippen LogP contribution in [0.4, 0.5) is 4.79 Å². The lowest BCUT2D eigenvalue weighted by Crippen LogP contribution is -2.63. The van der Waals surface area contributed by atoms with Gasteiger partial charge in [-0.2, -0.15) is 0 Å². The molecule has 2 heterocycles. The molecule has 1 aromatic heterocycles. The Labute approximate surface area is 179 Å². The van der Waals surface area contributed by atoms with Crippen LogP contribution in [0.15, 0.2) is 6.20 Å². The van der Waals surface area contributed by atoms with E-state index in [4.69, 9.17) is 9.47 Å². The number of carbonyl (C=O) groups excluding carboxylic acids is 2. The number of likely N-dealkylation sites (tertiary alicyclic amines) is 1. The molecule has 1 aliphatic heterocycles. The minimum Gasteiger partial charge on any atom is -0.458 e. The number of nitrogens with zero attached hydrogens (tertiary/aromatic N) is 4. The normalized spacial score (nSPS) is 20.0. The van der Waals surface area contributed by atoms with Crippen molar-refractivity contribution >= 4 is 12.1 Å². The Kier molecular flexibility index (Phi) is 5.67. The van der Waals surface area contributed by atoms with Gasteiger partial charge in [0.15, 0.2) is 6.04 Å². The van der Waals surface area contributed by atoms with Gasteiger partial charge in [0.2, 0.25) is 0 Å². The zero-order valence-electron chi connectivity index (χ0n) is 19.6. The van der Waals surface area contributed by atoms with E-state index in [9.17, 15) is 9.59 Å². The summed E-state index contributed by atoms with van der Waals surface area (Å²) in [5.41, 5.74) is 0.0684. The summed E-state index contributed by atoms with van der Waals surface area (Å²) in [7, 11) is 0. The zero-order valence-corrected chi connectivity index (χ0v) is 19.6. The van der Waals surface area contributed by atoms with E-state index in [2.05, 4.69) is 10.3 Å². The van der Waals surface area contributed by atoms with Crippen LogP contribution in [0.25, 0.3) is 0 Å². The van der Waals surface area contributed by atoms with Crippen molar-refractivity contribution in [3.8, 4) is 0 Å². The summed E-state index contributed by atoms with van der Waals surface area (Å²) in [5.74, 6) is 0.0631. The first-order valence-electron chi connectivity index (χ1n) is 10.8. The lowest BCUT2D eigenvalue weighted by atomic mass is 9.57. The largest absolute Gasteiger partial charge is 0.458 e. The van der Waals surface area contributed by atoms with Crippen LogP contribution in [-0.2, 0) is 14.3 Å². The molecule has 1 unspecified atom stereocenters. The van der Waals surface area contributed by atoms with E-state index >= 15 is 0 Å². The lowest BCUT2D eigenvalue weighted by molar-refractivity contribution is -0.161. The van der Waals surface area contributed by atoms with Crippen molar-refractivity contribution in [3.05, 3.63) is 11.9 Å². The summed E-state index contributed by atoms with van der Waals surface area (Å²) in [6.07, 6.45) is 3.60. The number of carbonyl (C=O) groups is 2. The van der Waals surface area contributed by atoms with Gasteiger partial charge < -0.3 is 14.4 Å². The van der Waals surface area contributed by atoms with E-state index < -0.39 is 17.2 Å². The summed E-state index contributed by atoms with van der Waals surface area (Å²) in [6.45, 7) is 16.7. The van der Waals surface area contributed by atoms with E-state index in [0.717, 1.165) is 31.6 Å². The Hall–Kier alpha value is -2.12. The SMILES string of the molecule is CC(C)C(C(=O)OC(C)(C)C)n1cc(C2CC3(C2)CN(C(=O)OC(C)(C)C)C3)nn1. The minimum atomic E-state index is -0.543. The molecule has 2 fully saturated rings. The number of hydrogen-bond donors (Lipinski definition) is 0. The maximum absolute atomic E-state index is 12.7. The molecule has 0 N–H and O–H groups in total. The van der Waals surface area contributed by atoms with E-state index in [1.807, 2.05) is 61.6 Å². The Morgan fingerprint density at radius 1 is 1.07 bits per heavy atom. The summed E-state index contributed by atoms with van der Waals surface area (Å²) >= 11 is 0. The van der Waals surface area contributed by atoms with Gasteiger partial charge in [-0.15, -0.1) is 5.10 Å². The average molecular weight is 421 g/mol. The highest BCUT2D eigenvalue weighted by Crippen LogP contribution is 2.55. The van der Waals surface area contributed by atoms with Crippen LogP contribution in [0.2, 0.25) is 0 Å². The highest BCUT2D eigenvalue weighted by atomic mass is 16.6. The van der Waals surface area contributed by atoms with Gasteiger partial charge in [0, 0.05) is 30.6 Å². The van der Waals surface area contributed by atoms with Crippen molar-refractivity contribution in [2.45, 2.75) is 91.4 Å². The van der Waals surface area contributed by atoms with Crippen LogP contribution in [0, 0.1) is 11.3 Å². The van der Waals surface area contributed by atoms with E-state index in [0.29, 0.717) is 5.92 Å². The van der Waals surface area contributed by atoms with Crippen LogP contribution in [-0.4, -0.2) is 56.2 Å². The van der Waals surface area contributed by atoms with Gasteiger partial charge in [0.25, 0.3) is 0 Å². The Morgan fingerprint density at radius 3 is 2.13 bits per heavy atom. The third-order valence-corrected chi connectivity index (χ3v) is 5.57. The molecular formula is C22H36N4O4. The lowest BCUT2D eigenvalue weighted by Gasteiger charge is -2.58. The van der Waals surface area contributed by atoms with Crippen LogP contribution >= 0.6 is 0 Å². The molecule has 0 radical (unpaired) electrons. The maximum Gasteiger partial charge on any atom is 0.410 e. The fraction of sp³-hybridized carbons (Fsp3) is 0.818. The smallest absolute Gasteiger partial charge is 0.410 e. The molecule has 3 rings (SSSR count). The Morgan fingerprint density at radius 2 is 1.63 bits per heavy atom. The molecular weight excluding hydrogens is 384 g/mol. The van der Waals surface area contributed by atoms with Gasteiger partial charge in [-0.25, -0.2) is 14.3 Å². The molecule has 168 valence electrons. The molecule has 0 aromatic carbocycles. The summed E-state index contributed by atoms with van der Waals surface area (Å²) in [6, 6.07) is -0.495. The van der Waals surface area contributed by atoms with Crippen molar-refractivity contribution in [1.29, 1.82) is 0 Å². The number of esters is 1. The van der Waals surface area contributed by atoms with Gasteiger partial charge in [-0.3, -0.25) is 0 Å².